The zero-order chi connectivity index (χ0) is 24.2. The van der Waals surface area contributed by atoms with E-state index in [1.165, 1.54) is 18.6 Å². The fourth-order valence-corrected chi connectivity index (χ4v) is 5.50. The van der Waals surface area contributed by atoms with Gasteiger partial charge in [-0.25, -0.2) is 9.37 Å². The van der Waals surface area contributed by atoms with E-state index in [0.717, 1.165) is 12.5 Å². The second kappa shape index (κ2) is 8.02. The average molecular weight is 477 g/mol. The number of carbonyl (C=O) groups excluding carboxylic acids is 1. The Morgan fingerprint density at radius 2 is 1.79 bits per heavy atom. The number of rotatable bonds is 4. The Bertz CT molecular complexity index is 1000. The molecule has 2 N–H and O–H groups in total. The number of nitrogens with one attached hydrogen (secondary N) is 2. The summed E-state index contributed by atoms with van der Waals surface area (Å²) in [4.78, 5) is 18.9. The van der Waals surface area contributed by atoms with Gasteiger partial charge in [0.1, 0.15) is 5.69 Å². The minimum absolute atomic E-state index is 0.0647. The number of aromatic amines is 1. The lowest BCUT2D eigenvalue weighted by molar-refractivity contribution is -0.348. The molecule has 2 aromatic rings. The van der Waals surface area contributed by atoms with Gasteiger partial charge in [0.2, 0.25) is 0 Å². The fraction of sp³-hybridized carbons (Fsp3) is 0.545. The van der Waals surface area contributed by atoms with Crippen LogP contribution in [0.4, 0.5) is 30.7 Å². The summed E-state index contributed by atoms with van der Waals surface area (Å²) < 4.78 is 93.3. The molecular formula is C22H22F7N3O. The molecule has 1 unspecified atom stereocenters. The Labute approximate surface area is 185 Å². The van der Waals surface area contributed by atoms with Gasteiger partial charge >= 0.3 is 18.0 Å². The van der Waals surface area contributed by atoms with Gasteiger partial charge in [-0.2, -0.15) is 26.3 Å². The van der Waals surface area contributed by atoms with Gasteiger partial charge in [0.05, 0.1) is 12.5 Å². The fourth-order valence-electron chi connectivity index (χ4n) is 5.50. The smallest absolute Gasteiger partial charge is 0.348 e. The van der Waals surface area contributed by atoms with Crippen LogP contribution in [-0.4, -0.2) is 34.3 Å². The van der Waals surface area contributed by atoms with Crippen molar-refractivity contribution < 1.29 is 35.5 Å². The van der Waals surface area contributed by atoms with Gasteiger partial charge in [-0.1, -0.05) is 18.2 Å². The summed E-state index contributed by atoms with van der Waals surface area (Å²) in [6.07, 6.45) is -7.25. The van der Waals surface area contributed by atoms with Gasteiger partial charge in [-0.15, -0.1) is 0 Å². The van der Waals surface area contributed by atoms with Crippen LogP contribution in [-0.2, 0) is 12.1 Å². The van der Waals surface area contributed by atoms with E-state index < -0.39 is 23.6 Å². The van der Waals surface area contributed by atoms with Gasteiger partial charge < -0.3 is 10.3 Å². The molecule has 1 saturated carbocycles. The second-order valence-electron chi connectivity index (χ2n) is 8.85. The third-order valence-corrected chi connectivity index (χ3v) is 7.09. The zero-order valence-electron chi connectivity index (χ0n) is 17.5. The number of nitrogens with zero attached hydrogens (tertiary/aromatic N) is 1. The molecule has 4 atom stereocenters. The molecule has 0 aliphatic heterocycles. The number of hydrogen-bond donors (Lipinski definition) is 2. The van der Waals surface area contributed by atoms with Gasteiger partial charge in [-0.05, 0) is 61.5 Å². The van der Waals surface area contributed by atoms with Crippen LogP contribution >= 0.6 is 0 Å². The summed E-state index contributed by atoms with van der Waals surface area (Å²) in [6, 6.07) is 2.36. The van der Waals surface area contributed by atoms with E-state index in [-0.39, 0.29) is 36.1 Å². The largest absolute Gasteiger partial charge is 0.435 e. The highest BCUT2D eigenvalue weighted by atomic mass is 19.4. The van der Waals surface area contributed by atoms with Crippen molar-refractivity contribution in [2.24, 2.45) is 11.8 Å². The van der Waals surface area contributed by atoms with Crippen LogP contribution < -0.4 is 5.32 Å². The van der Waals surface area contributed by atoms with Crippen LogP contribution in [0.3, 0.4) is 0 Å². The molecule has 4 nitrogen and oxygen atoms in total. The predicted octanol–water partition coefficient (Wildman–Crippen LogP) is 5.57. The molecule has 4 rings (SSSR count). The average Bonchev–Trinajstić information content (AvgIpc) is 3.41. The summed E-state index contributed by atoms with van der Waals surface area (Å²) in [6.45, 7) is 1.88. The maximum Gasteiger partial charge on any atom is 0.435 e. The van der Waals surface area contributed by atoms with Crippen molar-refractivity contribution in [2.45, 2.75) is 62.6 Å². The number of halogens is 7. The third kappa shape index (κ3) is 3.89. The highest BCUT2D eigenvalue weighted by molar-refractivity contribution is 5.92. The molecule has 1 aromatic heterocycles. The van der Waals surface area contributed by atoms with E-state index in [9.17, 15) is 35.5 Å². The number of aryl methyl sites for hydroxylation is 1. The van der Waals surface area contributed by atoms with Gasteiger partial charge in [0.15, 0.2) is 0 Å². The first-order valence-electron chi connectivity index (χ1n) is 10.6. The minimum Gasteiger partial charge on any atom is -0.348 e. The van der Waals surface area contributed by atoms with E-state index in [4.69, 9.17) is 0 Å². The van der Waals surface area contributed by atoms with Crippen LogP contribution in [0, 0.1) is 11.8 Å². The molecule has 1 heterocycles. The zero-order valence-corrected chi connectivity index (χ0v) is 17.5. The normalized spacial score (nSPS) is 24.2. The van der Waals surface area contributed by atoms with Crippen LogP contribution in [0.1, 0.15) is 59.3 Å². The SMILES string of the molecule is CC(NC(=O)c1cnc[nH]1)[C@@H]1CC[C@H]2c3ccc(C(F)(C(F)(F)F)C(F)(F)F)cc3CC[C@H]21. The molecule has 2 aliphatic carbocycles. The summed E-state index contributed by atoms with van der Waals surface area (Å²) in [5, 5.41) is 2.93. The molecule has 1 fully saturated rings. The van der Waals surface area contributed by atoms with E-state index in [1.807, 2.05) is 6.92 Å². The van der Waals surface area contributed by atoms with Crippen LogP contribution in [0.25, 0.3) is 0 Å². The number of benzene rings is 1. The molecule has 0 bridgehead atoms. The van der Waals surface area contributed by atoms with Gasteiger partial charge in [-0.3, -0.25) is 4.79 Å². The topological polar surface area (TPSA) is 57.8 Å². The molecular weight excluding hydrogens is 455 g/mol. The maximum absolute atomic E-state index is 14.5. The molecule has 180 valence electrons. The Morgan fingerprint density at radius 3 is 2.39 bits per heavy atom. The number of H-pyrrole nitrogens is 1. The van der Waals surface area contributed by atoms with Crippen molar-refractivity contribution in [3.05, 3.63) is 53.1 Å². The monoisotopic (exact) mass is 477 g/mol. The van der Waals surface area contributed by atoms with Gasteiger partial charge in [0.25, 0.3) is 5.91 Å². The summed E-state index contributed by atoms with van der Waals surface area (Å²) >= 11 is 0. The first kappa shape index (κ1) is 23.6. The Hall–Kier alpha value is -2.59. The van der Waals surface area contributed by atoms with Crippen LogP contribution in [0.15, 0.2) is 30.7 Å². The number of fused-ring (bicyclic) bond motifs is 3. The lowest BCUT2D eigenvalue weighted by Gasteiger charge is -2.36. The van der Waals surface area contributed by atoms with Crippen molar-refractivity contribution in [2.75, 3.05) is 0 Å². The summed E-state index contributed by atoms with van der Waals surface area (Å²) in [5.74, 6) is -0.158. The lowest BCUT2D eigenvalue weighted by atomic mass is 9.72. The van der Waals surface area contributed by atoms with E-state index in [0.29, 0.717) is 35.7 Å². The molecule has 33 heavy (non-hydrogen) atoms. The van der Waals surface area contributed by atoms with Crippen molar-refractivity contribution in [3.63, 3.8) is 0 Å². The molecule has 2 aliphatic rings. The number of imidazole rings is 1. The number of carbonyl (C=O) groups is 1. The van der Waals surface area contributed by atoms with Crippen molar-refractivity contribution >= 4 is 5.91 Å². The summed E-state index contributed by atoms with van der Waals surface area (Å²) in [5.41, 5.74) is -5.55. The van der Waals surface area contributed by atoms with Crippen LogP contribution in [0.5, 0.6) is 0 Å². The molecule has 0 saturated heterocycles. The Balaban J connectivity index is 1.56. The molecule has 0 spiro atoms. The Morgan fingerprint density at radius 1 is 1.09 bits per heavy atom. The molecule has 11 heteroatoms. The first-order valence-corrected chi connectivity index (χ1v) is 10.6. The number of hydrogen-bond acceptors (Lipinski definition) is 2. The quantitative estimate of drug-likeness (QED) is 0.566. The van der Waals surface area contributed by atoms with Crippen molar-refractivity contribution in [1.29, 1.82) is 0 Å². The highest BCUT2D eigenvalue weighted by Gasteiger charge is 2.73. The first-order chi connectivity index (χ1) is 15.3. The lowest BCUT2D eigenvalue weighted by Crippen LogP contribution is -2.50. The third-order valence-electron chi connectivity index (χ3n) is 7.09. The maximum atomic E-state index is 14.5. The van der Waals surface area contributed by atoms with E-state index in [1.54, 1.807) is 0 Å². The van der Waals surface area contributed by atoms with Gasteiger partial charge in [0, 0.05) is 11.6 Å². The molecule has 0 radical (unpaired) electrons. The molecule has 1 amide bonds. The standard InChI is InChI=1S/C22H22F7N3O/c1-11(32-19(33)18-9-30-10-31-18)14-6-7-17-15-5-3-13(8-12(15)2-4-16(14)17)20(23,21(24,25)26)22(27,28)29/h3,5,8-11,14,16-17H,2,4,6-7H2,1H3,(H,30,31)(H,32,33)/t11?,14-,16-,17-/m0/s1. The predicted molar refractivity (Wildman–Crippen MR) is 104 cm³/mol. The van der Waals surface area contributed by atoms with Crippen LogP contribution in [0.2, 0.25) is 0 Å². The summed E-state index contributed by atoms with van der Waals surface area (Å²) in [7, 11) is 0. The van der Waals surface area contributed by atoms with E-state index in [2.05, 4.69) is 15.3 Å². The van der Waals surface area contributed by atoms with Crippen molar-refractivity contribution in [3.8, 4) is 0 Å². The van der Waals surface area contributed by atoms with E-state index >= 15 is 0 Å². The number of amides is 1. The Kier molecular flexibility index (Phi) is 5.73. The molecule has 1 aromatic carbocycles. The number of alkyl halides is 7. The number of aromatic nitrogens is 2. The second-order valence-corrected chi connectivity index (χ2v) is 8.85. The van der Waals surface area contributed by atoms with Crippen molar-refractivity contribution in [1.82, 2.24) is 15.3 Å². The highest BCUT2D eigenvalue weighted by Crippen LogP contribution is 2.55. The minimum atomic E-state index is -6.13.